The van der Waals surface area contributed by atoms with Crippen molar-refractivity contribution in [2.24, 2.45) is 20.7 Å². The zero-order valence-electron chi connectivity index (χ0n) is 4.69. The van der Waals surface area contributed by atoms with Crippen LogP contribution in [0.1, 0.15) is 0 Å². The van der Waals surface area contributed by atoms with Gasteiger partial charge in [-0.25, -0.2) is 4.57 Å². The smallest absolute Gasteiger partial charge is 0.303 e. The second-order valence-electron chi connectivity index (χ2n) is 1.12. The zero-order valence-corrected chi connectivity index (χ0v) is 5.59. The molecular formula is CH5N4O4P. The standard InChI is InChI=1S/CH2N4.H3O4P/c1-2-4-5-3-1;1-5(2,3)4/h1H2;(H3,1,2,3,4). The second kappa shape index (κ2) is 4.18. The van der Waals surface area contributed by atoms with Crippen LogP contribution < -0.4 is 0 Å². The maximum Gasteiger partial charge on any atom is 0.466 e. The van der Waals surface area contributed by atoms with Crippen molar-refractivity contribution in [2.45, 2.75) is 0 Å². The van der Waals surface area contributed by atoms with Gasteiger partial charge < -0.3 is 14.7 Å². The molecule has 0 saturated heterocycles. The molecule has 58 valence electrons. The van der Waals surface area contributed by atoms with Crippen LogP contribution in [0.2, 0.25) is 0 Å². The fourth-order valence-corrected chi connectivity index (χ4v) is 0.141. The molecule has 0 atom stereocenters. The van der Waals surface area contributed by atoms with E-state index in [1.54, 1.807) is 0 Å². The first kappa shape index (κ1) is 9.31. The van der Waals surface area contributed by atoms with E-state index in [1.165, 1.54) is 0 Å². The van der Waals surface area contributed by atoms with Gasteiger partial charge in [0.25, 0.3) is 0 Å². The Bertz CT molecular complexity index is 163. The molecule has 1 aliphatic heterocycles. The third-order valence-electron chi connectivity index (χ3n) is 0.293. The Hall–Kier alpha value is -0.690. The monoisotopic (exact) mass is 168 g/mol. The van der Waals surface area contributed by atoms with E-state index in [2.05, 4.69) is 20.7 Å². The van der Waals surface area contributed by atoms with Crippen LogP contribution in [-0.4, -0.2) is 21.3 Å². The molecule has 0 aromatic carbocycles. The first-order chi connectivity index (χ1) is 4.50. The third-order valence-corrected chi connectivity index (χ3v) is 0.293. The summed E-state index contributed by atoms with van der Waals surface area (Å²) >= 11 is 0. The van der Waals surface area contributed by atoms with Crippen LogP contribution in [0, 0.1) is 0 Å². The van der Waals surface area contributed by atoms with Crippen molar-refractivity contribution < 1.29 is 19.2 Å². The van der Waals surface area contributed by atoms with E-state index in [0.29, 0.717) is 6.67 Å². The molecule has 0 fully saturated rings. The first-order valence-corrected chi connectivity index (χ1v) is 3.58. The van der Waals surface area contributed by atoms with Gasteiger partial charge in [0.1, 0.15) is 0 Å². The lowest BCUT2D eigenvalue weighted by Gasteiger charge is -1.82. The molecule has 0 saturated carbocycles. The van der Waals surface area contributed by atoms with Crippen LogP contribution in [0.5, 0.6) is 0 Å². The summed E-state index contributed by atoms with van der Waals surface area (Å²) in [6.07, 6.45) is 0. The minimum Gasteiger partial charge on any atom is -0.303 e. The maximum atomic E-state index is 8.88. The van der Waals surface area contributed by atoms with E-state index in [0.717, 1.165) is 0 Å². The summed E-state index contributed by atoms with van der Waals surface area (Å²) in [4.78, 5) is 21.6. The van der Waals surface area contributed by atoms with Crippen LogP contribution in [0.25, 0.3) is 0 Å². The van der Waals surface area contributed by atoms with Crippen LogP contribution in [-0.2, 0) is 4.57 Å². The molecule has 0 spiro atoms. The second-order valence-corrected chi connectivity index (χ2v) is 2.14. The highest BCUT2D eigenvalue weighted by molar-refractivity contribution is 7.45. The minimum atomic E-state index is -4.64. The fraction of sp³-hybridized carbons (Fsp3) is 1.00. The Labute approximate surface area is 55.5 Å². The van der Waals surface area contributed by atoms with E-state index < -0.39 is 7.82 Å². The minimum absolute atomic E-state index is 0.417. The number of rotatable bonds is 0. The highest BCUT2D eigenvalue weighted by atomic mass is 31.2. The summed E-state index contributed by atoms with van der Waals surface area (Å²) in [5.74, 6) is 0. The Morgan fingerprint density at radius 3 is 1.50 bits per heavy atom. The topological polar surface area (TPSA) is 127 Å². The van der Waals surface area contributed by atoms with E-state index in [-0.39, 0.29) is 0 Å². The van der Waals surface area contributed by atoms with E-state index in [9.17, 15) is 0 Å². The molecule has 0 aromatic rings. The number of hydrogen-bond donors (Lipinski definition) is 3. The molecule has 0 amide bonds. The van der Waals surface area contributed by atoms with Gasteiger partial charge in [-0.3, -0.25) is 0 Å². The molecule has 0 unspecified atom stereocenters. The molecule has 3 N–H and O–H groups in total. The van der Waals surface area contributed by atoms with Crippen molar-refractivity contribution in [2.75, 3.05) is 6.67 Å². The van der Waals surface area contributed by atoms with Gasteiger partial charge >= 0.3 is 7.82 Å². The van der Waals surface area contributed by atoms with Gasteiger partial charge in [0.05, 0.1) is 0 Å². The van der Waals surface area contributed by atoms with Crippen LogP contribution in [0.3, 0.4) is 0 Å². The summed E-state index contributed by atoms with van der Waals surface area (Å²) in [6.45, 7) is 0.417. The Morgan fingerprint density at radius 1 is 1.10 bits per heavy atom. The Kier molecular flexibility index (Phi) is 3.89. The van der Waals surface area contributed by atoms with E-state index in [4.69, 9.17) is 19.2 Å². The summed E-state index contributed by atoms with van der Waals surface area (Å²) in [7, 11) is -4.64. The summed E-state index contributed by atoms with van der Waals surface area (Å²) in [5, 5.41) is 13.1. The summed E-state index contributed by atoms with van der Waals surface area (Å²) in [5.41, 5.74) is 0. The average molecular weight is 168 g/mol. The largest absolute Gasteiger partial charge is 0.466 e. The molecule has 0 radical (unpaired) electrons. The van der Waals surface area contributed by atoms with Crippen LogP contribution in [0.4, 0.5) is 0 Å². The molecule has 1 rings (SSSR count). The van der Waals surface area contributed by atoms with E-state index >= 15 is 0 Å². The van der Waals surface area contributed by atoms with Crippen molar-refractivity contribution in [3.63, 3.8) is 0 Å². The summed E-state index contributed by atoms with van der Waals surface area (Å²) < 4.78 is 8.88. The SMILES string of the molecule is C1N=NN=N1.O=P(O)(O)O. The van der Waals surface area contributed by atoms with Gasteiger partial charge in [0.15, 0.2) is 6.67 Å². The van der Waals surface area contributed by atoms with Gasteiger partial charge in [-0.2, -0.15) is 0 Å². The Balaban J connectivity index is 0.000000162. The number of nitrogens with zero attached hydrogens (tertiary/aromatic N) is 4. The Morgan fingerprint density at radius 2 is 1.40 bits per heavy atom. The van der Waals surface area contributed by atoms with Gasteiger partial charge in [-0.15, -0.1) is 10.2 Å². The van der Waals surface area contributed by atoms with Crippen LogP contribution in [0.15, 0.2) is 20.7 Å². The first-order valence-electron chi connectivity index (χ1n) is 2.02. The molecule has 0 aliphatic carbocycles. The van der Waals surface area contributed by atoms with Crippen molar-refractivity contribution in [3.05, 3.63) is 0 Å². The van der Waals surface area contributed by atoms with Crippen molar-refractivity contribution in [1.82, 2.24) is 0 Å². The number of hydrogen-bond acceptors (Lipinski definition) is 5. The van der Waals surface area contributed by atoms with Gasteiger partial charge in [-0.05, 0) is 10.4 Å². The lowest BCUT2D eigenvalue weighted by molar-refractivity contribution is 0.275. The molecule has 1 heterocycles. The molecule has 9 heteroatoms. The van der Waals surface area contributed by atoms with E-state index in [1.807, 2.05) is 0 Å². The lowest BCUT2D eigenvalue weighted by atomic mass is 11.2. The van der Waals surface area contributed by atoms with Crippen molar-refractivity contribution in [1.29, 1.82) is 0 Å². The zero-order chi connectivity index (χ0) is 8.04. The van der Waals surface area contributed by atoms with Crippen LogP contribution >= 0.6 is 7.82 Å². The number of phosphoric acid groups is 1. The van der Waals surface area contributed by atoms with Crippen molar-refractivity contribution >= 4 is 7.82 Å². The predicted molar refractivity (Wildman–Crippen MR) is 28.8 cm³/mol. The highest BCUT2D eigenvalue weighted by Gasteiger charge is 2.00. The molecular weight excluding hydrogens is 163 g/mol. The van der Waals surface area contributed by atoms with Gasteiger partial charge in [-0.1, -0.05) is 0 Å². The van der Waals surface area contributed by atoms with Crippen molar-refractivity contribution in [3.8, 4) is 0 Å². The lowest BCUT2D eigenvalue weighted by Crippen LogP contribution is -1.66. The maximum absolute atomic E-state index is 8.88. The quantitative estimate of drug-likeness (QED) is 0.434. The van der Waals surface area contributed by atoms with Gasteiger partial charge in [0.2, 0.25) is 0 Å². The molecule has 0 aromatic heterocycles. The predicted octanol–water partition coefficient (Wildman–Crippen LogP) is -0.152. The average Bonchev–Trinajstić information content (AvgIpc) is 2.07. The molecule has 1 aliphatic rings. The summed E-state index contributed by atoms with van der Waals surface area (Å²) in [6, 6.07) is 0. The molecule has 10 heavy (non-hydrogen) atoms. The fourth-order valence-electron chi connectivity index (χ4n) is 0.141. The highest BCUT2D eigenvalue weighted by Crippen LogP contribution is 2.25. The third kappa shape index (κ3) is 15.7. The molecule has 0 bridgehead atoms. The molecule has 8 nitrogen and oxygen atoms in total. The normalized spacial score (nSPS) is 14.7. The van der Waals surface area contributed by atoms with Gasteiger partial charge in [0, 0.05) is 0 Å².